The molecule has 5 heteroatoms. The van der Waals surface area contributed by atoms with Gasteiger partial charge in [0.1, 0.15) is 17.7 Å². The first-order valence-electron chi connectivity index (χ1n) is 11.2. The standard InChI is InChI=1S/C29H26BrFINO/c30-28-18-24(31)14-15-27(28)29(34-26-13-7-12-25(32)19-26)16-17-33(20-22-8-3-1-4-9-22)21-23-10-5-2-6-11-23/h1-15,18-19,29H,16-17,20-21H2. The van der Waals surface area contributed by atoms with Crippen LogP contribution in [0.2, 0.25) is 0 Å². The van der Waals surface area contributed by atoms with Crippen LogP contribution < -0.4 is 4.74 Å². The Morgan fingerprint density at radius 2 is 1.44 bits per heavy atom. The second kappa shape index (κ2) is 12.5. The Morgan fingerprint density at radius 3 is 2.03 bits per heavy atom. The first-order valence-corrected chi connectivity index (χ1v) is 13.1. The molecule has 0 amide bonds. The zero-order valence-electron chi connectivity index (χ0n) is 18.7. The minimum atomic E-state index is -0.265. The maximum absolute atomic E-state index is 13.8. The van der Waals surface area contributed by atoms with Crippen molar-refractivity contribution in [2.24, 2.45) is 0 Å². The first-order chi connectivity index (χ1) is 16.6. The molecule has 174 valence electrons. The van der Waals surface area contributed by atoms with Crippen LogP contribution in [0, 0.1) is 9.39 Å². The van der Waals surface area contributed by atoms with Crippen molar-refractivity contribution in [2.45, 2.75) is 25.6 Å². The number of benzene rings is 4. The normalized spacial score (nSPS) is 12.0. The quantitative estimate of drug-likeness (QED) is 0.163. The molecule has 34 heavy (non-hydrogen) atoms. The van der Waals surface area contributed by atoms with Gasteiger partial charge in [0.05, 0.1) is 0 Å². The van der Waals surface area contributed by atoms with Crippen LogP contribution in [0.1, 0.15) is 29.2 Å². The van der Waals surface area contributed by atoms with Gasteiger partial charge in [0, 0.05) is 39.7 Å². The highest BCUT2D eigenvalue weighted by Crippen LogP contribution is 2.32. The maximum atomic E-state index is 13.8. The molecule has 4 aromatic rings. The highest BCUT2D eigenvalue weighted by Gasteiger charge is 2.19. The molecule has 4 aromatic carbocycles. The van der Waals surface area contributed by atoms with Gasteiger partial charge in [-0.3, -0.25) is 4.90 Å². The molecule has 0 spiro atoms. The third-order valence-electron chi connectivity index (χ3n) is 5.59. The minimum absolute atomic E-state index is 0.220. The lowest BCUT2D eigenvalue weighted by Gasteiger charge is -2.27. The molecule has 0 N–H and O–H groups in total. The van der Waals surface area contributed by atoms with Crippen LogP contribution in [0.5, 0.6) is 5.75 Å². The van der Waals surface area contributed by atoms with E-state index in [2.05, 4.69) is 92.0 Å². The van der Waals surface area contributed by atoms with Gasteiger partial charge in [0.25, 0.3) is 0 Å². The van der Waals surface area contributed by atoms with Gasteiger partial charge in [-0.15, -0.1) is 0 Å². The Hall–Kier alpha value is -2.22. The fraction of sp³-hybridized carbons (Fsp3) is 0.172. The van der Waals surface area contributed by atoms with Crippen LogP contribution in [0.25, 0.3) is 0 Å². The summed E-state index contributed by atoms with van der Waals surface area (Å²) in [6.07, 6.45) is 0.539. The van der Waals surface area contributed by atoms with Gasteiger partial charge >= 0.3 is 0 Å². The summed E-state index contributed by atoms with van der Waals surface area (Å²) in [6, 6.07) is 33.9. The zero-order valence-corrected chi connectivity index (χ0v) is 22.5. The predicted molar refractivity (Wildman–Crippen MR) is 148 cm³/mol. The molecule has 0 aromatic heterocycles. The van der Waals surface area contributed by atoms with E-state index in [1.54, 1.807) is 0 Å². The summed E-state index contributed by atoms with van der Waals surface area (Å²) in [4.78, 5) is 2.44. The molecule has 0 fully saturated rings. The molecule has 0 aliphatic rings. The van der Waals surface area contributed by atoms with Gasteiger partial charge in [-0.1, -0.05) is 88.7 Å². The van der Waals surface area contributed by atoms with E-state index in [-0.39, 0.29) is 11.9 Å². The van der Waals surface area contributed by atoms with E-state index >= 15 is 0 Å². The van der Waals surface area contributed by atoms with Gasteiger partial charge in [-0.05, 0) is 64.0 Å². The summed E-state index contributed by atoms with van der Waals surface area (Å²) in [7, 11) is 0. The smallest absolute Gasteiger partial charge is 0.126 e. The molecule has 0 radical (unpaired) electrons. The van der Waals surface area contributed by atoms with E-state index in [0.29, 0.717) is 0 Å². The molecule has 0 bridgehead atoms. The van der Waals surface area contributed by atoms with Crippen molar-refractivity contribution in [3.8, 4) is 5.75 Å². The van der Waals surface area contributed by atoms with Crippen molar-refractivity contribution in [2.75, 3.05) is 6.54 Å². The van der Waals surface area contributed by atoms with Crippen LogP contribution in [0.3, 0.4) is 0 Å². The van der Waals surface area contributed by atoms with Crippen molar-refractivity contribution < 1.29 is 9.13 Å². The summed E-state index contributed by atoms with van der Waals surface area (Å²) >= 11 is 5.84. The molecule has 0 aliphatic heterocycles. The predicted octanol–water partition coefficient (Wildman–Crippen LogP) is 8.41. The van der Waals surface area contributed by atoms with Crippen molar-refractivity contribution in [3.63, 3.8) is 0 Å². The second-order valence-electron chi connectivity index (χ2n) is 8.20. The summed E-state index contributed by atoms with van der Waals surface area (Å²) in [5.41, 5.74) is 3.49. The molecule has 0 saturated heterocycles. The summed E-state index contributed by atoms with van der Waals surface area (Å²) in [5, 5.41) is 0. The topological polar surface area (TPSA) is 12.5 Å². The van der Waals surface area contributed by atoms with Crippen molar-refractivity contribution in [3.05, 3.63) is 134 Å². The van der Waals surface area contributed by atoms with Crippen molar-refractivity contribution in [1.82, 2.24) is 4.90 Å². The number of ether oxygens (including phenoxy) is 1. The second-order valence-corrected chi connectivity index (χ2v) is 10.3. The Balaban J connectivity index is 1.56. The van der Waals surface area contributed by atoms with Crippen LogP contribution in [0.4, 0.5) is 4.39 Å². The van der Waals surface area contributed by atoms with Crippen LogP contribution in [-0.4, -0.2) is 11.4 Å². The van der Waals surface area contributed by atoms with Gasteiger partial charge < -0.3 is 4.74 Å². The zero-order chi connectivity index (χ0) is 23.8. The number of nitrogens with zero attached hydrogens (tertiary/aromatic N) is 1. The molecule has 1 atom stereocenters. The number of hydrogen-bond acceptors (Lipinski definition) is 2. The monoisotopic (exact) mass is 629 g/mol. The molecular weight excluding hydrogens is 604 g/mol. The fourth-order valence-corrected chi connectivity index (χ4v) is 5.06. The SMILES string of the molecule is Fc1ccc(C(CCN(Cc2ccccc2)Cc2ccccc2)Oc2cccc(I)c2)c(Br)c1. The van der Waals surface area contributed by atoms with E-state index in [1.807, 2.05) is 42.5 Å². The van der Waals surface area contributed by atoms with Gasteiger partial charge in [-0.25, -0.2) is 4.39 Å². The van der Waals surface area contributed by atoms with E-state index in [9.17, 15) is 4.39 Å². The average molecular weight is 630 g/mol. The first kappa shape index (κ1) is 24.9. The molecular formula is C29H26BrFINO. The highest BCUT2D eigenvalue weighted by atomic mass is 127. The van der Waals surface area contributed by atoms with Crippen molar-refractivity contribution >= 4 is 38.5 Å². The lowest BCUT2D eigenvalue weighted by Crippen LogP contribution is -2.26. The van der Waals surface area contributed by atoms with Gasteiger partial charge in [0.15, 0.2) is 0 Å². The molecule has 0 saturated carbocycles. The molecule has 4 rings (SSSR count). The summed E-state index contributed by atoms with van der Waals surface area (Å²) < 4.78 is 22.1. The number of hydrogen-bond donors (Lipinski definition) is 0. The third kappa shape index (κ3) is 7.39. The number of rotatable bonds is 10. The van der Waals surface area contributed by atoms with E-state index < -0.39 is 0 Å². The maximum Gasteiger partial charge on any atom is 0.126 e. The lowest BCUT2D eigenvalue weighted by atomic mass is 10.0. The molecule has 0 aliphatic carbocycles. The van der Waals surface area contributed by atoms with Crippen molar-refractivity contribution in [1.29, 1.82) is 0 Å². The van der Waals surface area contributed by atoms with Crippen LogP contribution in [0.15, 0.2) is 108 Å². The van der Waals surface area contributed by atoms with Gasteiger partial charge in [-0.2, -0.15) is 0 Å². The Kier molecular flexibility index (Phi) is 9.13. The lowest BCUT2D eigenvalue weighted by molar-refractivity contribution is 0.156. The Morgan fingerprint density at radius 1 is 0.794 bits per heavy atom. The molecule has 2 nitrogen and oxygen atoms in total. The molecule has 1 unspecified atom stereocenters. The highest BCUT2D eigenvalue weighted by molar-refractivity contribution is 14.1. The third-order valence-corrected chi connectivity index (χ3v) is 6.95. The minimum Gasteiger partial charge on any atom is -0.486 e. The Labute approximate surface area is 223 Å². The van der Waals surface area contributed by atoms with Crippen LogP contribution in [-0.2, 0) is 13.1 Å². The fourth-order valence-electron chi connectivity index (χ4n) is 3.94. The van der Waals surface area contributed by atoms with E-state index in [1.165, 1.54) is 23.3 Å². The largest absolute Gasteiger partial charge is 0.486 e. The summed E-state index contributed by atoms with van der Waals surface area (Å²) in [5.74, 6) is 0.546. The van der Waals surface area contributed by atoms with Crippen LogP contribution >= 0.6 is 38.5 Å². The Bertz CT molecular complexity index is 1150. The summed E-state index contributed by atoms with van der Waals surface area (Å²) in [6.45, 7) is 2.51. The van der Waals surface area contributed by atoms with E-state index in [0.717, 1.165) is 45.4 Å². The van der Waals surface area contributed by atoms with E-state index in [4.69, 9.17) is 4.74 Å². The number of halogens is 3. The molecule has 0 heterocycles. The van der Waals surface area contributed by atoms with Gasteiger partial charge in [0.2, 0.25) is 0 Å². The average Bonchev–Trinajstić information content (AvgIpc) is 2.83.